The molecule has 154 valence electrons. The lowest BCUT2D eigenvalue weighted by molar-refractivity contribution is -0.123. The zero-order chi connectivity index (χ0) is 18.4. The summed E-state index contributed by atoms with van der Waals surface area (Å²) in [5.41, 5.74) is 0.863. The van der Waals surface area contributed by atoms with Gasteiger partial charge in [0.2, 0.25) is 11.8 Å². The summed E-state index contributed by atoms with van der Waals surface area (Å²) in [7, 11) is 0. The quantitative estimate of drug-likeness (QED) is 0.625. The number of amides is 1. The highest BCUT2D eigenvalue weighted by Gasteiger charge is 2.27. The lowest BCUT2D eigenvalue weighted by Gasteiger charge is -2.12. The second kappa shape index (κ2) is 11.7. The van der Waals surface area contributed by atoms with Gasteiger partial charge in [0.25, 0.3) is 0 Å². The van der Waals surface area contributed by atoms with Gasteiger partial charge in [-0.1, -0.05) is 18.2 Å². The number of para-hydroxylation sites is 2. The molecule has 0 radical (unpaired) electrons. The Morgan fingerprint density at radius 2 is 2.00 bits per heavy atom. The summed E-state index contributed by atoms with van der Waals surface area (Å²) in [5.74, 6) is 1.61. The molecule has 1 aliphatic heterocycles. The molecule has 9 heteroatoms. The molecule has 0 bridgehead atoms. The number of aliphatic hydroxyl groups excluding tert-OH is 1. The van der Waals surface area contributed by atoms with Crippen molar-refractivity contribution in [3.63, 3.8) is 0 Å². The number of carbonyl (C=O) groups excluding carboxylic acids is 1. The van der Waals surface area contributed by atoms with Crippen LogP contribution in [0.2, 0.25) is 0 Å². The van der Waals surface area contributed by atoms with Crippen LogP contribution in [0.15, 0.2) is 42.6 Å². The smallest absolute Gasteiger partial charge is 0.237 e. The standard InChI is InChI=1S/C19H23N3O4.2ClH/c1-2-25-16-5-3-4-6-17(16)26-18-8-7-13(10-21-18)11-22-19(24)15-9-14(23)12-20-15;;/h3-8,10,14-15,20,23H,2,9,11-12H2,1H3,(H,22,24);2*1H. The van der Waals surface area contributed by atoms with Crippen molar-refractivity contribution in [2.45, 2.75) is 32.0 Å². The summed E-state index contributed by atoms with van der Waals surface area (Å²) in [6, 6.07) is 10.7. The first-order valence-electron chi connectivity index (χ1n) is 8.69. The van der Waals surface area contributed by atoms with Crippen molar-refractivity contribution in [3.05, 3.63) is 48.2 Å². The molecule has 0 saturated carbocycles. The number of halogens is 2. The van der Waals surface area contributed by atoms with Crippen molar-refractivity contribution in [1.82, 2.24) is 15.6 Å². The number of ether oxygens (including phenoxy) is 2. The second-order valence-electron chi connectivity index (χ2n) is 6.05. The summed E-state index contributed by atoms with van der Waals surface area (Å²) in [6.45, 7) is 3.30. The van der Waals surface area contributed by atoms with E-state index in [0.29, 0.717) is 43.5 Å². The van der Waals surface area contributed by atoms with Gasteiger partial charge in [-0.25, -0.2) is 4.98 Å². The van der Waals surface area contributed by atoms with E-state index in [-0.39, 0.29) is 36.8 Å². The summed E-state index contributed by atoms with van der Waals surface area (Å²) >= 11 is 0. The fraction of sp³-hybridized carbons (Fsp3) is 0.368. The maximum absolute atomic E-state index is 12.0. The van der Waals surface area contributed by atoms with Crippen LogP contribution in [-0.4, -0.2) is 41.3 Å². The fourth-order valence-corrected chi connectivity index (χ4v) is 2.73. The Kier molecular flexibility index (Phi) is 10.0. The molecule has 2 atom stereocenters. The molecule has 2 aromatic rings. The van der Waals surface area contributed by atoms with Crippen LogP contribution in [-0.2, 0) is 11.3 Å². The molecule has 2 heterocycles. The van der Waals surface area contributed by atoms with Gasteiger partial charge in [0.15, 0.2) is 11.5 Å². The van der Waals surface area contributed by atoms with Crippen LogP contribution in [0.25, 0.3) is 0 Å². The lowest BCUT2D eigenvalue weighted by Crippen LogP contribution is -2.40. The van der Waals surface area contributed by atoms with E-state index in [1.165, 1.54) is 0 Å². The number of hydrogen-bond acceptors (Lipinski definition) is 6. The molecule has 1 aliphatic rings. The minimum absolute atomic E-state index is 0. The number of hydrogen-bond donors (Lipinski definition) is 3. The molecule has 28 heavy (non-hydrogen) atoms. The van der Waals surface area contributed by atoms with Crippen LogP contribution >= 0.6 is 24.8 Å². The number of aliphatic hydroxyl groups is 1. The first kappa shape index (κ1) is 24.0. The first-order chi connectivity index (χ1) is 12.7. The number of benzene rings is 1. The van der Waals surface area contributed by atoms with Gasteiger partial charge in [-0.2, -0.15) is 0 Å². The van der Waals surface area contributed by atoms with Crippen LogP contribution in [0.5, 0.6) is 17.4 Å². The molecule has 3 N–H and O–H groups in total. The number of pyridine rings is 1. The second-order valence-corrected chi connectivity index (χ2v) is 6.05. The summed E-state index contributed by atoms with van der Waals surface area (Å²) in [5, 5.41) is 15.3. The van der Waals surface area contributed by atoms with Gasteiger partial charge >= 0.3 is 0 Å². The van der Waals surface area contributed by atoms with E-state index in [0.717, 1.165) is 5.56 Å². The number of rotatable bonds is 7. The fourth-order valence-electron chi connectivity index (χ4n) is 2.73. The SMILES string of the molecule is CCOc1ccccc1Oc1ccc(CNC(=O)C2CC(O)CN2)cn1.Cl.Cl. The van der Waals surface area contributed by atoms with Crippen LogP contribution in [0, 0.1) is 0 Å². The largest absolute Gasteiger partial charge is 0.490 e. The predicted molar refractivity (Wildman–Crippen MR) is 111 cm³/mol. The highest BCUT2D eigenvalue weighted by atomic mass is 35.5. The maximum Gasteiger partial charge on any atom is 0.237 e. The Balaban J connectivity index is 0.00000196. The molecule has 0 aliphatic carbocycles. The lowest BCUT2D eigenvalue weighted by atomic mass is 10.2. The summed E-state index contributed by atoms with van der Waals surface area (Å²) in [6.07, 6.45) is 1.65. The topological polar surface area (TPSA) is 92.7 Å². The van der Waals surface area contributed by atoms with Crippen molar-refractivity contribution in [2.75, 3.05) is 13.2 Å². The van der Waals surface area contributed by atoms with Crippen molar-refractivity contribution in [2.24, 2.45) is 0 Å². The molecule has 3 rings (SSSR count). The molecule has 1 fully saturated rings. The van der Waals surface area contributed by atoms with Gasteiger partial charge in [0.05, 0.1) is 18.8 Å². The zero-order valence-electron chi connectivity index (χ0n) is 15.5. The van der Waals surface area contributed by atoms with Crippen molar-refractivity contribution >= 4 is 30.7 Å². The Morgan fingerprint density at radius 1 is 1.25 bits per heavy atom. The summed E-state index contributed by atoms with van der Waals surface area (Å²) in [4.78, 5) is 16.3. The van der Waals surface area contributed by atoms with E-state index >= 15 is 0 Å². The van der Waals surface area contributed by atoms with Gasteiger partial charge < -0.3 is 25.2 Å². The molecular formula is C19H25Cl2N3O4. The third-order valence-corrected chi connectivity index (χ3v) is 4.05. The van der Waals surface area contributed by atoms with Gasteiger partial charge in [0, 0.05) is 25.4 Å². The molecule has 1 aromatic carbocycles. The number of β-amino-alcohol motifs (C(OH)–C–C–N with tert-alkyl or cyclic N) is 1. The maximum atomic E-state index is 12.0. The third-order valence-electron chi connectivity index (χ3n) is 4.05. The number of aromatic nitrogens is 1. The Hall–Kier alpha value is -2.06. The van der Waals surface area contributed by atoms with Crippen molar-refractivity contribution in [1.29, 1.82) is 0 Å². The molecule has 1 amide bonds. The Labute approximate surface area is 176 Å². The van der Waals surface area contributed by atoms with Crippen LogP contribution in [0.3, 0.4) is 0 Å². The molecule has 1 aromatic heterocycles. The van der Waals surface area contributed by atoms with Gasteiger partial charge in [-0.3, -0.25) is 4.79 Å². The van der Waals surface area contributed by atoms with E-state index < -0.39 is 6.10 Å². The van der Waals surface area contributed by atoms with Gasteiger partial charge in [-0.05, 0) is 31.0 Å². The van der Waals surface area contributed by atoms with Gasteiger partial charge in [-0.15, -0.1) is 24.8 Å². The van der Waals surface area contributed by atoms with E-state index in [4.69, 9.17) is 9.47 Å². The van der Waals surface area contributed by atoms with Crippen LogP contribution in [0.1, 0.15) is 18.9 Å². The Morgan fingerprint density at radius 3 is 2.61 bits per heavy atom. The molecule has 0 spiro atoms. The predicted octanol–water partition coefficient (Wildman–Crippen LogP) is 2.46. The van der Waals surface area contributed by atoms with E-state index in [1.54, 1.807) is 12.3 Å². The summed E-state index contributed by atoms with van der Waals surface area (Å²) < 4.78 is 11.3. The normalized spacial score (nSPS) is 17.8. The number of nitrogens with one attached hydrogen (secondary N) is 2. The van der Waals surface area contributed by atoms with Crippen LogP contribution in [0.4, 0.5) is 0 Å². The third kappa shape index (κ3) is 6.53. The van der Waals surface area contributed by atoms with E-state index in [9.17, 15) is 9.90 Å². The highest BCUT2D eigenvalue weighted by Crippen LogP contribution is 2.30. The molecule has 1 saturated heterocycles. The van der Waals surface area contributed by atoms with Crippen LogP contribution < -0.4 is 20.1 Å². The van der Waals surface area contributed by atoms with Crippen molar-refractivity contribution < 1.29 is 19.4 Å². The average Bonchev–Trinajstić information content (AvgIpc) is 3.09. The van der Waals surface area contributed by atoms with Gasteiger partial charge in [0.1, 0.15) is 0 Å². The highest BCUT2D eigenvalue weighted by molar-refractivity contribution is 5.85. The Bertz CT molecular complexity index is 746. The van der Waals surface area contributed by atoms with Crippen molar-refractivity contribution in [3.8, 4) is 17.4 Å². The zero-order valence-corrected chi connectivity index (χ0v) is 17.1. The number of carbonyl (C=O) groups is 1. The van der Waals surface area contributed by atoms with E-state index in [1.807, 2.05) is 37.3 Å². The minimum Gasteiger partial charge on any atom is -0.490 e. The monoisotopic (exact) mass is 429 g/mol. The number of nitrogens with zero attached hydrogens (tertiary/aromatic N) is 1. The first-order valence-corrected chi connectivity index (χ1v) is 8.69. The molecule has 7 nitrogen and oxygen atoms in total. The average molecular weight is 430 g/mol. The minimum atomic E-state index is -0.455. The molecule has 2 unspecified atom stereocenters. The van der Waals surface area contributed by atoms with E-state index in [2.05, 4.69) is 15.6 Å². The molecular weight excluding hydrogens is 405 g/mol.